The Balaban J connectivity index is 1.19. The Morgan fingerprint density at radius 3 is 2.31 bits per heavy atom. The highest BCUT2D eigenvalue weighted by Crippen LogP contribution is 2.57. The Bertz CT molecular complexity index is 997. The van der Waals surface area contributed by atoms with Crippen LogP contribution in [0, 0.1) is 17.8 Å². The molecule has 4 bridgehead atoms. The van der Waals surface area contributed by atoms with E-state index in [4.69, 9.17) is 0 Å². The van der Waals surface area contributed by atoms with Crippen LogP contribution >= 0.6 is 0 Å². The molecule has 1 aromatic rings. The monoisotopic (exact) mass is 491 g/mol. The number of anilines is 1. The number of rotatable bonds is 5. The van der Waals surface area contributed by atoms with Crippen molar-refractivity contribution in [1.82, 2.24) is 15.2 Å². The Kier molecular flexibility index (Phi) is 5.95. The number of aliphatic imine (C=N–C) groups is 1. The molecule has 0 spiro atoms. The molecule has 2 unspecified atom stereocenters. The van der Waals surface area contributed by atoms with E-state index < -0.39 is 17.3 Å². The summed E-state index contributed by atoms with van der Waals surface area (Å²) in [7, 11) is 0. The standard InChI is InChI=1S/C25H32F3N5O2/c1-23(2,33-7-5-32(6-8-33)20-4-3-19(14-29-20)25(26,27)28)22(35)31-21-17-9-16-10-18(21)13-24(11-16,12-17)30-15-34/h3-4,14,16-18,21H,5-13H2,1-2H3,(H,31,35). The largest absolute Gasteiger partial charge is 0.417 e. The number of amides is 1. The highest BCUT2D eigenvalue weighted by atomic mass is 19.4. The number of halogens is 3. The molecule has 5 fully saturated rings. The number of piperazine rings is 1. The molecule has 1 N–H and O–H groups in total. The van der Waals surface area contributed by atoms with Crippen molar-refractivity contribution in [2.45, 2.75) is 69.2 Å². The SMILES string of the molecule is CC(C)(C(=O)NC1C2CC3CC1CC(N=C=O)(C3)C2)N1CCN(c2ccc(C(F)(F)F)cn2)CC1. The van der Waals surface area contributed by atoms with Crippen LogP contribution in [0.15, 0.2) is 23.3 Å². The van der Waals surface area contributed by atoms with Gasteiger partial charge in [-0.2, -0.15) is 18.2 Å². The number of nitrogens with zero attached hydrogens (tertiary/aromatic N) is 4. The van der Waals surface area contributed by atoms with Crippen LogP contribution < -0.4 is 10.2 Å². The van der Waals surface area contributed by atoms with E-state index >= 15 is 0 Å². The van der Waals surface area contributed by atoms with Gasteiger partial charge in [-0.3, -0.25) is 9.69 Å². The van der Waals surface area contributed by atoms with Crippen LogP contribution in [0.3, 0.4) is 0 Å². The summed E-state index contributed by atoms with van der Waals surface area (Å²) >= 11 is 0. The summed E-state index contributed by atoms with van der Waals surface area (Å²) in [5, 5.41) is 3.37. The Labute approximate surface area is 203 Å². The maximum atomic E-state index is 13.5. The Hall–Kier alpha value is -2.45. The Morgan fingerprint density at radius 2 is 1.77 bits per heavy atom. The molecule has 1 aliphatic heterocycles. The van der Waals surface area contributed by atoms with Crippen LogP contribution in [0.25, 0.3) is 0 Å². The fraction of sp³-hybridized carbons (Fsp3) is 0.720. The number of hydrogen-bond donors (Lipinski definition) is 1. The number of nitrogens with one attached hydrogen (secondary N) is 1. The minimum absolute atomic E-state index is 0.00372. The van der Waals surface area contributed by atoms with Gasteiger partial charge in [-0.15, -0.1) is 0 Å². The van der Waals surface area contributed by atoms with Gasteiger partial charge in [-0.1, -0.05) is 0 Å². The van der Waals surface area contributed by atoms with Crippen molar-refractivity contribution in [2.24, 2.45) is 22.7 Å². The van der Waals surface area contributed by atoms with Crippen molar-refractivity contribution in [3.63, 3.8) is 0 Å². The molecule has 0 aromatic carbocycles. The number of pyridine rings is 1. The number of carbonyl (C=O) groups is 1. The number of hydrogen-bond acceptors (Lipinski definition) is 6. The third kappa shape index (κ3) is 4.47. The van der Waals surface area contributed by atoms with Crippen molar-refractivity contribution in [1.29, 1.82) is 0 Å². The lowest BCUT2D eigenvalue weighted by molar-refractivity contribution is -0.138. The topological polar surface area (TPSA) is 77.9 Å². The van der Waals surface area contributed by atoms with Gasteiger partial charge in [-0.25, -0.2) is 9.78 Å². The summed E-state index contributed by atoms with van der Waals surface area (Å²) in [5.74, 6) is 1.79. The van der Waals surface area contributed by atoms with Gasteiger partial charge in [0.1, 0.15) is 5.82 Å². The molecule has 1 amide bonds. The first kappa shape index (κ1) is 24.3. The average molecular weight is 492 g/mol. The normalized spacial score (nSPS) is 32.9. The molecular weight excluding hydrogens is 459 g/mol. The summed E-state index contributed by atoms with van der Waals surface area (Å²) in [6.07, 6.45) is 3.09. The van der Waals surface area contributed by atoms with Gasteiger partial charge in [0.2, 0.25) is 12.0 Å². The van der Waals surface area contributed by atoms with E-state index in [1.165, 1.54) is 6.07 Å². The molecule has 4 aliphatic carbocycles. The summed E-state index contributed by atoms with van der Waals surface area (Å²) in [5.41, 5.74) is -1.74. The lowest BCUT2D eigenvalue weighted by Gasteiger charge is -2.58. The first-order valence-corrected chi connectivity index (χ1v) is 12.4. The maximum Gasteiger partial charge on any atom is 0.417 e. The van der Waals surface area contributed by atoms with Gasteiger partial charge in [-0.05, 0) is 75.8 Å². The van der Waals surface area contributed by atoms with Crippen LogP contribution in [-0.4, -0.2) is 65.2 Å². The molecule has 1 saturated heterocycles. The quantitative estimate of drug-likeness (QED) is 0.505. The first-order valence-electron chi connectivity index (χ1n) is 12.4. The van der Waals surface area contributed by atoms with E-state index in [2.05, 4.69) is 20.2 Å². The zero-order valence-corrected chi connectivity index (χ0v) is 20.1. The van der Waals surface area contributed by atoms with E-state index in [-0.39, 0.29) is 17.5 Å². The summed E-state index contributed by atoms with van der Waals surface area (Å²) < 4.78 is 38.5. The lowest BCUT2D eigenvalue weighted by Crippen LogP contribution is -2.66. The van der Waals surface area contributed by atoms with Gasteiger partial charge < -0.3 is 10.2 Å². The minimum Gasteiger partial charge on any atom is -0.354 e. The molecular formula is C25H32F3N5O2. The number of alkyl halides is 3. The molecule has 5 aliphatic rings. The fourth-order valence-electron chi connectivity index (χ4n) is 7.16. The summed E-state index contributed by atoms with van der Waals surface area (Å²) in [6, 6.07) is 2.58. The van der Waals surface area contributed by atoms with Crippen LogP contribution in [0.2, 0.25) is 0 Å². The zero-order chi connectivity index (χ0) is 25.0. The minimum atomic E-state index is -4.40. The molecule has 2 atom stereocenters. The second-order valence-electron chi connectivity index (χ2n) is 11.3. The molecule has 190 valence electrons. The third-order valence-corrected chi connectivity index (χ3v) is 8.85. The molecule has 4 saturated carbocycles. The van der Waals surface area contributed by atoms with E-state index in [1.807, 2.05) is 18.7 Å². The lowest BCUT2D eigenvalue weighted by atomic mass is 9.51. The number of carbonyl (C=O) groups excluding carboxylic acids is 2. The van der Waals surface area contributed by atoms with Crippen molar-refractivity contribution in [3.8, 4) is 0 Å². The predicted molar refractivity (Wildman–Crippen MR) is 123 cm³/mol. The van der Waals surface area contributed by atoms with Crippen molar-refractivity contribution in [3.05, 3.63) is 23.9 Å². The third-order valence-electron chi connectivity index (χ3n) is 8.85. The molecule has 6 rings (SSSR count). The summed E-state index contributed by atoms with van der Waals surface area (Å²) in [6.45, 7) is 6.25. The average Bonchev–Trinajstić information content (AvgIpc) is 2.80. The van der Waals surface area contributed by atoms with E-state index in [0.717, 1.165) is 44.4 Å². The molecule has 35 heavy (non-hydrogen) atoms. The second kappa shape index (κ2) is 8.59. The summed E-state index contributed by atoms with van der Waals surface area (Å²) in [4.78, 5) is 36.8. The van der Waals surface area contributed by atoms with Gasteiger partial charge in [0.25, 0.3) is 0 Å². The zero-order valence-electron chi connectivity index (χ0n) is 20.1. The molecule has 7 nitrogen and oxygen atoms in total. The smallest absolute Gasteiger partial charge is 0.354 e. The van der Waals surface area contributed by atoms with Crippen molar-refractivity contribution >= 4 is 17.8 Å². The van der Waals surface area contributed by atoms with Crippen LogP contribution in [0.4, 0.5) is 19.0 Å². The molecule has 0 radical (unpaired) electrons. The van der Waals surface area contributed by atoms with Crippen LogP contribution in [0.5, 0.6) is 0 Å². The van der Waals surface area contributed by atoms with Gasteiger partial charge >= 0.3 is 6.18 Å². The Morgan fingerprint density at radius 1 is 1.11 bits per heavy atom. The van der Waals surface area contributed by atoms with Gasteiger partial charge in [0.15, 0.2) is 0 Å². The molecule has 10 heteroatoms. The highest BCUT2D eigenvalue weighted by molar-refractivity contribution is 5.85. The molecule has 2 heterocycles. The number of isocyanates is 1. The number of aromatic nitrogens is 1. The van der Waals surface area contributed by atoms with E-state index in [0.29, 0.717) is 49.8 Å². The molecule has 1 aromatic heterocycles. The highest BCUT2D eigenvalue weighted by Gasteiger charge is 2.56. The fourth-order valence-corrected chi connectivity index (χ4v) is 7.16. The van der Waals surface area contributed by atoms with Crippen molar-refractivity contribution < 1.29 is 22.8 Å². The van der Waals surface area contributed by atoms with E-state index in [9.17, 15) is 22.8 Å². The van der Waals surface area contributed by atoms with Crippen LogP contribution in [-0.2, 0) is 15.8 Å². The van der Waals surface area contributed by atoms with Crippen LogP contribution in [0.1, 0.15) is 51.5 Å². The first-order chi connectivity index (χ1) is 16.5. The predicted octanol–water partition coefficient (Wildman–Crippen LogP) is 3.40. The van der Waals surface area contributed by atoms with Gasteiger partial charge in [0.05, 0.1) is 16.6 Å². The van der Waals surface area contributed by atoms with Gasteiger partial charge in [0, 0.05) is 38.4 Å². The second-order valence-corrected chi connectivity index (χ2v) is 11.3. The maximum absolute atomic E-state index is 13.5. The van der Waals surface area contributed by atoms with Crippen molar-refractivity contribution in [2.75, 3.05) is 31.1 Å². The van der Waals surface area contributed by atoms with E-state index in [1.54, 1.807) is 6.08 Å².